The van der Waals surface area contributed by atoms with Crippen LogP contribution in [0.5, 0.6) is 5.75 Å². The van der Waals surface area contributed by atoms with Crippen LogP contribution in [0.15, 0.2) is 51.1 Å². The number of benzene rings is 1. The lowest BCUT2D eigenvalue weighted by atomic mass is 10.2. The molecule has 2 rings (SSSR count). The molecular formula is C11H10N2O3S2. The second-order valence-corrected chi connectivity index (χ2v) is 6.22. The standard InChI is InChI=1S/C11H10N2O3S2/c14-10-4-1-3-9(7-10)8-12-13-18(15,16)11-5-2-6-17-11/h1-8,13-14H/b12-8+. The molecule has 0 atom stereocenters. The van der Waals surface area contributed by atoms with Crippen LogP contribution in [0.3, 0.4) is 0 Å². The van der Waals surface area contributed by atoms with Crippen molar-refractivity contribution in [2.45, 2.75) is 4.21 Å². The summed E-state index contributed by atoms with van der Waals surface area (Å²) in [5.74, 6) is 0.0973. The van der Waals surface area contributed by atoms with Crippen LogP contribution in [-0.2, 0) is 10.0 Å². The molecule has 0 aliphatic heterocycles. The Bertz CT molecular complexity index is 649. The zero-order valence-corrected chi connectivity index (χ0v) is 10.8. The molecule has 0 radical (unpaired) electrons. The summed E-state index contributed by atoms with van der Waals surface area (Å²) in [5, 5.41) is 14.5. The maximum Gasteiger partial charge on any atom is 0.286 e. The average Bonchev–Trinajstić information content (AvgIpc) is 2.83. The van der Waals surface area contributed by atoms with Crippen LogP contribution in [0.4, 0.5) is 0 Å². The zero-order valence-electron chi connectivity index (χ0n) is 9.15. The minimum absolute atomic E-state index is 0.0973. The third-order valence-corrected chi connectivity index (χ3v) is 4.64. The topological polar surface area (TPSA) is 78.8 Å². The van der Waals surface area contributed by atoms with Crippen molar-refractivity contribution in [2.24, 2.45) is 5.10 Å². The number of nitrogens with one attached hydrogen (secondary N) is 1. The SMILES string of the molecule is O=S(=O)(N/N=C/c1cccc(O)c1)c1cccs1. The molecule has 94 valence electrons. The van der Waals surface area contributed by atoms with E-state index in [-0.39, 0.29) is 9.96 Å². The molecule has 0 aliphatic carbocycles. The molecule has 2 aromatic rings. The van der Waals surface area contributed by atoms with Crippen LogP contribution < -0.4 is 4.83 Å². The number of hydrogen-bond donors (Lipinski definition) is 2. The van der Waals surface area contributed by atoms with Crippen LogP contribution in [0.25, 0.3) is 0 Å². The smallest absolute Gasteiger partial charge is 0.286 e. The van der Waals surface area contributed by atoms with Gasteiger partial charge in [-0.05, 0) is 29.1 Å². The number of phenols is 1. The summed E-state index contributed by atoms with van der Waals surface area (Å²) in [7, 11) is -3.59. The van der Waals surface area contributed by atoms with Crippen LogP contribution >= 0.6 is 11.3 Å². The van der Waals surface area contributed by atoms with E-state index in [2.05, 4.69) is 9.93 Å². The largest absolute Gasteiger partial charge is 0.508 e. The summed E-state index contributed by atoms with van der Waals surface area (Å²) in [6, 6.07) is 9.48. The molecule has 1 heterocycles. The van der Waals surface area contributed by atoms with E-state index in [0.717, 1.165) is 11.3 Å². The van der Waals surface area contributed by atoms with Crippen LogP contribution in [0, 0.1) is 0 Å². The molecule has 0 saturated carbocycles. The van der Waals surface area contributed by atoms with Crippen LogP contribution in [0.2, 0.25) is 0 Å². The van der Waals surface area contributed by atoms with Gasteiger partial charge in [0.25, 0.3) is 10.0 Å². The first-order chi connectivity index (χ1) is 8.58. The molecule has 0 fully saturated rings. The zero-order chi connectivity index (χ0) is 13.0. The van der Waals surface area contributed by atoms with Crippen molar-refractivity contribution in [3.63, 3.8) is 0 Å². The fourth-order valence-electron chi connectivity index (χ4n) is 1.24. The maximum absolute atomic E-state index is 11.7. The Morgan fingerprint density at radius 1 is 1.28 bits per heavy atom. The first-order valence-electron chi connectivity index (χ1n) is 4.95. The van der Waals surface area contributed by atoms with Crippen molar-refractivity contribution in [1.82, 2.24) is 4.83 Å². The van der Waals surface area contributed by atoms with Gasteiger partial charge in [0, 0.05) is 0 Å². The molecule has 0 aliphatic rings. The molecule has 1 aromatic heterocycles. The van der Waals surface area contributed by atoms with Crippen molar-refractivity contribution in [3.8, 4) is 5.75 Å². The summed E-state index contributed by atoms with van der Waals surface area (Å²) in [6.07, 6.45) is 1.32. The van der Waals surface area contributed by atoms with E-state index < -0.39 is 10.0 Å². The van der Waals surface area contributed by atoms with Crippen molar-refractivity contribution < 1.29 is 13.5 Å². The molecule has 0 unspecified atom stereocenters. The molecule has 18 heavy (non-hydrogen) atoms. The highest BCUT2D eigenvalue weighted by molar-refractivity contribution is 7.91. The Kier molecular flexibility index (Phi) is 3.63. The van der Waals surface area contributed by atoms with Crippen LogP contribution in [-0.4, -0.2) is 19.7 Å². The van der Waals surface area contributed by atoms with Crippen molar-refractivity contribution >= 4 is 27.6 Å². The van der Waals surface area contributed by atoms with Crippen LogP contribution in [0.1, 0.15) is 5.56 Å². The van der Waals surface area contributed by atoms with Gasteiger partial charge in [0.1, 0.15) is 9.96 Å². The normalized spacial score (nSPS) is 11.8. The fraction of sp³-hybridized carbons (Fsp3) is 0. The van der Waals surface area contributed by atoms with E-state index in [1.807, 2.05) is 0 Å². The lowest BCUT2D eigenvalue weighted by Gasteiger charge is -1.99. The van der Waals surface area contributed by atoms with Gasteiger partial charge in [-0.2, -0.15) is 18.4 Å². The van der Waals surface area contributed by atoms with Gasteiger partial charge in [0.15, 0.2) is 0 Å². The van der Waals surface area contributed by atoms with Gasteiger partial charge in [-0.15, -0.1) is 11.3 Å². The number of phenolic OH excluding ortho intramolecular Hbond substituents is 1. The summed E-state index contributed by atoms with van der Waals surface area (Å²) in [4.78, 5) is 2.10. The van der Waals surface area contributed by atoms with Gasteiger partial charge in [-0.1, -0.05) is 18.2 Å². The van der Waals surface area contributed by atoms with Gasteiger partial charge in [-0.25, -0.2) is 0 Å². The van der Waals surface area contributed by atoms with Crippen molar-refractivity contribution in [2.75, 3.05) is 0 Å². The molecule has 1 aromatic carbocycles. The van der Waals surface area contributed by atoms with E-state index in [1.165, 1.54) is 24.4 Å². The molecule has 7 heteroatoms. The number of hydrogen-bond acceptors (Lipinski definition) is 5. The molecule has 0 bridgehead atoms. The minimum atomic E-state index is -3.59. The monoisotopic (exact) mass is 282 g/mol. The molecule has 0 amide bonds. The first kappa shape index (κ1) is 12.6. The minimum Gasteiger partial charge on any atom is -0.508 e. The predicted molar refractivity (Wildman–Crippen MR) is 70.3 cm³/mol. The number of hydrazone groups is 1. The predicted octanol–water partition coefficient (Wildman–Crippen LogP) is 1.77. The molecule has 0 spiro atoms. The molecule has 5 nitrogen and oxygen atoms in total. The number of rotatable bonds is 4. The summed E-state index contributed by atoms with van der Waals surface area (Å²) >= 11 is 1.11. The molecule has 2 N–H and O–H groups in total. The number of thiophene rings is 1. The second kappa shape index (κ2) is 5.19. The van der Waals surface area contributed by atoms with E-state index in [4.69, 9.17) is 0 Å². The quantitative estimate of drug-likeness (QED) is 0.662. The highest BCUT2D eigenvalue weighted by Gasteiger charge is 2.12. The third kappa shape index (κ3) is 3.08. The number of sulfonamides is 1. The highest BCUT2D eigenvalue weighted by Crippen LogP contribution is 2.15. The second-order valence-electron chi connectivity index (χ2n) is 3.38. The van der Waals surface area contributed by atoms with Crippen molar-refractivity contribution in [1.29, 1.82) is 0 Å². The number of aromatic hydroxyl groups is 1. The van der Waals surface area contributed by atoms with Gasteiger partial charge < -0.3 is 5.11 Å². The Hall–Kier alpha value is -1.86. The van der Waals surface area contributed by atoms with E-state index in [9.17, 15) is 13.5 Å². The highest BCUT2D eigenvalue weighted by atomic mass is 32.2. The summed E-state index contributed by atoms with van der Waals surface area (Å²) in [6.45, 7) is 0. The molecule has 0 saturated heterocycles. The van der Waals surface area contributed by atoms with E-state index in [1.54, 1.807) is 23.6 Å². The summed E-state index contributed by atoms with van der Waals surface area (Å²) in [5.41, 5.74) is 0.601. The first-order valence-corrected chi connectivity index (χ1v) is 7.32. The Labute approximate surface area is 108 Å². The van der Waals surface area contributed by atoms with Gasteiger partial charge >= 0.3 is 0 Å². The third-order valence-electron chi connectivity index (χ3n) is 2.02. The van der Waals surface area contributed by atoms with Gasteiger partial charge in [0.2, 0.25) is 0 Å². The van der Waals surface area contributed by atoms with E-state index in [0.29, 0.717) is 5.56 Å². The summed E-state index contributed by atoms with van der Waals surface area (Å²) < 4.78 is 23.6. The average molecular weight is 282 g/mol. The van der Waals surface area contributed by atoms with Gasteiger partial charge in [0.05, 0.1) is 6.21 Å². The van der Waals surface area contributed by atoms with E-state index >= 15 is 0 Å². The van der Waals surface area contributed by atoms with Crippen molar-refractivity contribution in [3.05, 3.63) is 47.3 Å². The fourth-order valence-corrected chi connectivity index (χ4v) is 3.01. The Balaban J connectivity index is 2.08. The lowest BCUT2D eigenvalue weighted by Crippen LogP contribution is -2.17. The maximum atomic E-state index is 11.7. The lowest BCUT2D eigenvalue weighted by molar-refractivity contribution is 0.475. The van der Waals surface area contributed by atoms with Gasteiger partial charge in [-0.3, -0.25) is 0 Å². The Morgan fingerprint density at radius 3 is 2.78 bits per heavy atom. The molecular weight excluding hydrogens is 272 g/mol. The number of nitrogens with zero attached hydrogens (tertiary/aromatic N) is 1. The Morgan fingerprint density at radius 2 is 2.11 bits per heavy atom.